The maximum Gasteiger partial charge on any atom is 0.416 e. The number of hydrogen-bond acceptors (Lipinski definition) is 2. The zero-order valence-corrected chi connectivity index (χ0v) is 32.5. The van der Waals surface area contributed by atoms with Crippen LogP contribution in [0.4, 0.5) is 13.2 Å². The Bertz CT molecular complexity index is 3300. The number of aryl methyl sites for hydroxylation is 2. The Morgan fingerprint density at radius 1 is 0.433 bits per heavy atom. The second-order valence-electron chi connectivity index (χ2n) is 15.2. The second kappa shape index (κ2) is 13.9. The van der Waals surface area contributed by atoms with E-state index in [1.54, 1.807) is 12.1 Å². The highest BCUT2D eigenvalue weighted by Gasteiger charge is 2.32. The largest absolute Gasteiger partial charge is 0.416 e. The van der Waals surface area contributed by atoms with Crippen LogP contribution >= 0.6 is 0 Å². The summed E-state index contributed by atoms with van der Waals surface area (Å²) in [5.74, 6) is 0. The Morgan fingerprint density at radius 3 is 1.35 bits per heavy atom. The summed E-state index contributed by atoms with van der Waals surface area (Å²) >= 11 is 0. The van der Waals surface area contributed by atoms with Crippen molar-refractivity contribution in [2.24, 2.45) is 0 Å². The summed E-state index contributed by atoms with van der Waals surface area (Å²) in [5, 5.41) is 25.3. The zero-order chi connectivity index (χ0) is 41.3. The molecular weight excluding hydrogens is 750 g/mol. The maximum atomic E-state index is 14.5. The van der Waals surface area contributed by atoms with Crippen molar-refractivity contribution >= 4 is 43.6 Å². The molecule has 2 heterocycles. The third-order valence-electron chi connectivity index (χ3n) is 11.7. The Morgan fingerprint density at radius 2 is 0.883 bits per heavy atom. The van der Waals surface area contributed by atoms with Crippen LogP contribution in [0.5, 0.6) is 0 Å². The van der Waals surface area contributed by atoms with E-state index < -0.39 is 11.7 Å². The van der Waals surface area contributed by atoms with Crippen molar-refractivity contribution in [2.75, 3.05) is 0 Å². The molecule has 0 aliphatic carbocycles. The minimum atomic E-state index is -4.70. The average Bonchev–Trinajstić information content (AvgIpc) is 3.77. The first-order chi connectivity index (χ1) is 29.1. The average molecular weight is 783 g/mol. The molecule has 8 aromatic carbocycles. The van der Waals surface area contributed by atoms with Crippen molar-refractivity contribution < 1.29 is 13.2 Å². The van der Waals surface area contributed by atoms with Gasteiger partial charge in [-0.1, -0.05) is 109 Å². The van der Waals surface area contributed by atoms with Crippen LogP contribution < -0.4 is 0 Å². The van der Waals surface area contributed by atoms with Crippen LogP contribution in [0.15, 0.2) is 164 Å². The lowest BCUT2D eigenvalue weighted by atomic mass is 9.96. The first kappa shape index (κ1) is 36.5. The smallest absolute Gasteiger partial charge is 0.308 e. The number of rotatable bonds is 5. The molecule has 2 aromatic heterocycles. The molecule has 0 saturated heterocycles. The lowest BCUT2D eigenvalue weighted by Crippen LogP contribution is -2.07. The van der Waals surface area contributed by atoms with E-state index in [-0.39, 0.29) is 11.1 Å². The highest BCUT2D eigenvalue weighted by atomic mass is 19.4. The Kier molecular flexibility index (Phi) is 8.45. The predicted octanol–water partition coefficient (Wildman–Crippen LogP) is 14.3. The second-order valence-corrected chi connectivity index (χ2v) is 15.2. The summed E-state index contributed by atoms with van der Waals surface area (Å²) in [5.41, 5.74) is 10.6. The number of hydrogen-bond donors (Lipinski definition) is 0. The molecule has 0 spiro atoms. The molecule has 0 N–H and O–H groups in total. The standard InChI is InChI=1S/C53H33F3N4/c1-32-11-3-5-13-40(32)35-19-21-44-42-15-7-9-17-47(42)59(49(44)26-35)51-28-38(37-23-34(30-57)24-39(25-37)53(54,55)56)29-52(46(51)31-58)60-48-18-10-8-16-43(48)45-22-20-36(27-50(45)60)41-14-6-4-12-33(41)2/h3-29H,1-2H3. The van der Waals surface area contributed by atoms with Crippen molar-refractivity contribution in [1.82, 2.24) is 9.13 Å². The fourth-order valence-corrected chi connectivity index (χ4v) is 8.86. The van der Waals surface area contributed by atoms with E-state index in [9.17, 15) is 23.7 Å². The number of fused-ring (bicyclic) bond motifs is 6. The fourth-order valence-electron chi connectivity index (χ4n) is 8.86. The summed E-state index contributed by atoms with van der Waals surface area (Å²) in [6, 6.07) is 56.4. The first-order valence-corrected chi connectivity index (χ1v) is 19.5. The summed E-state index contributed by atoms with van der Waals surface area (Å²) in [7, 11) is 0. The van der Waals surface area contributed by atoms with Gasteiger partial charge >= 0.3 is 6.18 Å². The van der Waals surface area contributed by atoms with E-state index >= 15 is 0 Å². The van der Waals surface area contributed by atoms with Crippen LogP contribution in [0.3, 0.4) is 0 Å². The summed E-state index contributed by atoms with van der Waals surface area (Å²) in [6.45, 7) is 4.14. The molecule has 0 aliphatic rings. The molecule has 60 heavy (non-hydrogen) atoms. The number of nitrogens with zero attached hydrogens (tertiary/aromatic N) is 4. The first-order valence-electron chi connectivity index (χ1n) is 19.5. The Hall–Kier alpha value is -7.87. The van der Waals surface area contributed by atoms with Gasteiger partial charge < -0.3 is 9.13 Å². The molecule has 0 bridgehead atoms. The fraction of sp³-hybridized carbons (Fsp3) is 0.0566. The maximum absolute atomic E-state index is 14.5. The topological polar surface area (TPSA) is 57.4 Å². The van der Waals surface area contributed by atoms with E-state index in [0.717, 1.165) is 89.1 Å². The summed E-state index contributed by atoms with van der Waals surface area (Å²) in [4.78, 5) is 0. The van der Waals surface area contributed by atoms with Gasteiger partial charge in [-0.15, -0.1) is 0 Å². The van der Waals surface area contributed by atoms with Gasteiger partial charge in [0.05, 0.1) is 50.6 Å². The molecular formula is C53H33F3N4. The molecule has 4 nitrogen and oxygen atoms in total. The third kappa shape index (κ3) is 5.82. The van der Waals surface area contributed by atoms with Crippen LogP contribution in [-0.2, 0) is 6.18 Å². The van der Waals surface area contributed by atoms with E-state index in [4.69, 9.17) is 0 Å². The van der Waals surface area contributed by atoms with Gasteiger partial charge in [-0.25, -0.2) is 0 Å². The van der Waals surface area contributed by atoms with Gasteiger partial charge in [-0.05, 0) is 113 Å². The lowest BCUT2D eigenvalue weighted by molar-refractivity contribution is -0.137. The van der Waals surface area contributed by atoms with Gasteiger partial charge in [-0.2, -0.15) is 23.7 Å². The number of para-hydroxylation sites is 2. The summed E-state index contributed by atoms with van der Waals surface area (Å²) < 4.78 is 47.5. The number of halogens is 3. The van der Waals surface area contributed by atoms with E-state index in [1.165, 1.54) is 6.07 Å². The van der Waals surface area contributed by atoms with Crippen molar-refractivity contribution in [3.8, 4) is 56.9 Å². The SMILES string of the molecule is Cc1ccccc1-c1ccc2c3ccccc3n(-c3cc(-c4cc(C#N)cc(C(F)(F)F)c4)cc(-n4c5ccccc5c5ccc(-c6ccccc6C)cc54)c3C#N)c2c1. The molecule has 0 amide bonds. The number of benzene rings is 8. The quantitative estimate of drug-likeness (QED) is 0.175. The number of nitriles is 2. The molecule has 0 radical (unpaired) electrons. The zero-order valence-electron chi connectivity index (χ0n) is 32.5. The minimum Gasteiger partial charge on any atom is -0.308 e. The van der Waals surface area contributed by atoms with Crippen molar-refractivity contribution in [2.45, 2.75) is 20.0 Å². The highest BCUT2D eigenvalue weighted by Crippen LogP contribution is 2.43. The van der Waals surface area contributed by atoms with Gasteiger partial charge in [0.2, 0.25) is 0 Å². The van der Waals surface area contributed by atoms with Crippen molar-refractivity contribution in [1.29, 1.82) is 10.5 Å². The van der Waals surface area contributed by atoms with Crippen LogP contribution in [0, 0.1) is 36.5 Å². The number of alkyl halides is 3. The monoisotopic (exact) mass is 782 g/mol. The minimum absolute atomic E-state index is 0.119. The molecule has 10 rings (SSSR count). The van der Waals surface area contributed by atoms with Gasteiger partial charge in [0.25, 0.3) is 0 Å². The van der Waals surface area contributed by atoms with Gasteiger partial charge in [0.15, 0.2) is 0 Å². The van der Waals surface area contributed by atoms with Crippen molar-refractivity contribution in [3.63, 3.8) is 0 Å². The van der Waals surface area contributed by atoms with Gasteiger partial charge in [-0.3, -0.25) is 0 Å². The molecule has 0 aliphatic heterocycles. The molecule has 0 saturated carbocycles. The van der Waals surface area contributed by atoms with E-state index in [1.807, 2.05) is 78.9 Å². The van der Waals surface area contributed by atoms with E-state index in [2.05, 4.69) is 89.7 Å². The lowest BCUT2D eigenvalue weighted by Gasteiger charge is -2.19. The normalized spacial score (nSPS) is 11.7. The third-order valence-corrected chi connectivity index (χ3v) is 11.7. The van der Waals surface area contributed by atoms with Crippen molar-refractivity contribution in [3.05, 3.63) is 192 Å². The number of aromatic nitrogens is 2. The van der Waals surface area contributed by atoms with Crippen LogP contribution in [0.2, 0.25) is 0 Å². The van der Waals surface area contributed by atoms with Crippen LogP contribution in [0.25, 0.3) is 88.4 Å². The molecule has 286 valence electrons. The highest BCUT2D eigenvalue weighted by molar-refractivity contribution is 6.12. The molecule has 7 heteroatoms. The Labute approximate surface area is 343 Å². The van der Waals surface area contributed by atoms with Crippen LogP contribution in [-0.4, -0.2) is 9.13 Å². The summed E-state index contributed by atoms with van der Waals surface area (Å²) in [6.07, 6.45) is -4.70. The predicted molar refractivity (Wildman–Crippen MR) is 235 cm³/mol. The van der Waals surface area contributed by atoms with Gasteiger partial charge in [0, 0.05) is 21.5 Å². The van der Waals surface area contributed by atoms with Crippen LogP contribution in [0.1, 0.15) is 27.8 Å². The van der Waals surface area contributed by atoms with Gasteiger partial charge in [0.1, 0.15) is 11.6 Å². The molecule has 0 fully saturated rings. The Balaban J connectivity index is 1.37. The molecule has 0 unspecified atom stereocenters. The van der Waals surface area contributed by atoms with E-state index in [0.29, 0.717) is 22.5 Å². The molecule has 0 atom stereocenters. The molecule has 10 aromatic rings.